The standard InChI is InChI=1S/C48H44O4/c49-27-3-1-7-37-11-19-41(20-12-37)45-31-46(42-21-13-38(14-22-42)8-2-4-28-50)34-47(32-45,43-23-15-39(16-24-43)9-5-29-51)36-48(33-45,35-46)44-25-17-40(18-26-44)10-6-30-52/h11-26,49-52H,3-4,27-36H2. The Kier molecular flexibility index (Phi) is 10.1. The monoisotopic (exact) mass is 684 g/mol. The van der Waals surface area contributed by atoms with Crippen molar-refractivity contribution in [2.75, 3.05) is 26.4 Å². The quantitative estimate of drug-likeness (QED) is 0.181. The molecule has 4 bridgehead atoms. The van der Waals surface area contributed by atoms with E-state index in [-0.39, 0.29) is 48.1 Å². The van der Waals surface area contributed by atoms with Crippen LogP contribution in [0.25, 0.3) is 0 Å². The number of aliphatic hydroxyl groups is 4. The minimum Gasteiger partial charge on any atom is -0.395 e. The maximum absolute atomic E-state index is 9.32. The highest BCUT2D eigenvalue weighted by Gasteiger charge is 2.69. The third-order valence-electron chi connectivity index (χ3n) is 11.6. The number of benzene rings is 4. The van der Waals surface area contributed by atoms with Gasteiger partial charge in [-0.25, -0.2) is 0 Å². The van der Waals surface area contributed by atoms with Crippen molar-refractivity contribution >= 4 is 0 Å². The minimum atomic E-state index is -0.165. The van der Waals surface area contributed by atoms with Crippen molar-refractivity contribution in [1.82, 2.24) is 0 Å². The predicted molar refractivity (Wildman–Crippen MR) is 205 cm³/mol. The summed E-state index contributed by atoms with van der Waals surface area (Å²) < 4.78 is 0. The van der Waals surface area contributed by atoms with E-state index >= 15 is 0 Å². The average Bonchev–Trinajstić information content (AvgIpc) is 3.17. The van der Waals surface area contributed by atoms with Crippen molar-refractivity contribution in [3.63, 3.8) is 0 Å². The molecule has 0 unspecified atom stereocenters. The zero-order valence-corrected chi connectivity index (χ0v) is 29.5. The van der Waals surface area contributed by atoms with E-state index in [4.69, 9.17) is 0 Å². The van der Waals surface area contributed by atoms with Crippen molar-refractivity contribution in [3.8, 4) is 47.4 Å². The van der Waals surface area contributed by atoms with Crippen LogP contribution in [0.4, 0.5) is 0 Å². The van der Waals surface area contributed by atoms with Crippen molar-refractivity contribution in [1.29, 1.82) is 0 Å². The average molecular weight is 685 g/mol. The molecule has 4 nitrogen and oxygen atoms in total. The Labute approximate surface area is 308 Å². The summed E-state index contributed by atoms with van der Waals surface area (Å²) in [6.45, 7) is -0.219. The smallest absolute Gasteiger partial charge is 0.104 e. The van der Waals surface area contributed by atoms with Crippen LogP contribution in [0.2, 0.25) is 0 Å². The van der Waals surface area contributed by atoms with Gasteiger partial charge in [0.1, 0.15) is 13.2 Å². The van der Waals surface area contributed by atoms with Crippen molar-refractivity contribution in [2.45, 2.75) is 73.0 Å². The largest absolute Gasteiger partial charge is 0.395 e. The van der Waals surface area contributed by atoms with E-state index in [0.717, 1.165) is 60.8 Å². The normalized spacial score (nSPS) is 25.0. The maximum Gasteiger partial charge on any atom is 0.104 e. The molecule has 4 aliphatic rings. The van der Waals surface area contributed by atoms with Crippen LogP contribution >= 0.6 is 0 Å². The van der Waals surface area contributed by atoms with Crippen LogP contribution in [-0.4, -0.2) is 46.9 Å². The van der Waals surface area contributed by atoms with E-state index in [1.165, 1.54) is 22.3 Å². The second-order valence-corrected chi connectivity index (χ2v) is 15.0. The molecule has 4 fully saturated rings. The van der Waals surface area contributed by atoms with Gasteiger partial charge in [0.2, 0.25) is 0 Å². The molecule has 8 rings (SSSR count). The van der Waals surface area contributed by atoms with Gasteiger partial charge in [0.25, 0.3) is 0 Å². The van der Waals surface area contributed by atoms with E-state index in [2.05, 4.69) is 144 Å². The van der Waals surface area contributed by atoms with Crippen molar-refractivity contribution in [2.24, 2.45) is 0 Å². The molecular weight excluding hydrogens is 641 g/mol. The molecule has 0 aliphatic heterocycles. The third-order valence-corrected chi connectivity index (χ3v) is 11.6. The first-order valence-electron chi connectivity index (χ1n) is 18.2. The van der Waals surface area contributed by atoms with E-state index in [1.807, 2.05) is 0 Å². The number of aliphatic hydroxyl groups excluding tert-OH is 4. The van der Waals surface area contributed by atoms with Gasteiger partial charge < -0.3 is 20.4 Å². The van der Waals surface area contributed by atoms with Crippen LogP contribution in [0.5, 0.6) is 0 Å². The number of hydrogen-bond donors (Lipinski definition) is 4. The van der Waals surface area contributed by atoms with E-state index < -0.39 is 0 Å². The number of hydrogen-bond acceptors (Lipinski definition) is 4. The van der Waals surface area contributed by atoms with Gasteiger partial charge in [-0.3, -0.25) is 0 Å². The lowest BCUT2D eigenvalue weighted by atomic mass is 9.32. The Morgan fingerprint density at radius 2 is 0.577 bits per heavy atom. The van der Waals surface area contributed by atoms with Crippen molar-refractivity contribution < 1.29 is 20.4 Å². The molecule has 0 saturated heterocycles. The second kappa shape index (κ2) is 14.9. The fraction of sp³-hybridized carbons (Fsp3) is 0.333. The van der Waals surface area contributed by atoms with Crippen LogP contribution in [-0.2, 0) is 21.7 Å². The molecule has 4 N–H and O–H groups in total. The van der Waals surface area contributed by atoms with E-state index in [9.17, 15) is 20.4 Å². The number of rotatable bonds is 6. The van der Waals surface area contributed by atoms with Gasteiger partial charge in [0.05, 0.1) is 13.2 Å². The summed E-state index contributed by atoms with van der Waals surface area (Å²) in [5.41, 5.74) is 8.61. The minimum absolute atomic E-state index is 0.0562. The summed E-state index contributed by atoms with van der Waals surface area (Å²) in [5.74, 6) is 24.4. The zero-order chi connectivity index (χ0) is 36.1. The van der Waals surface area contributed by atoms with Gasteiger partial charge in [-0.05, 0) is 131 Å². The van der Waals surface area contributed by atoms with Gasteiger partial charge in [-0.15, -0.1) is 0 Å². The molecule has 4 aliphatic carbocycles. The fourth-order valence-corrected chi connectivity index (χ4v) is 10.2. The molecule has 0 heterocycles. The molecule has 0 amide bonds. The Balaban J connectivity index is 1.41. The SMILES string of the molecule is OCC#Cc1ccc(C23CC4(c5ccc(C#CCO)cc5)CC(c5ccc(C#CCCO)cc5)(C2)CC(c2ccc(C#CCCO)cc2)(C3)C4)cc1. The molecule has 260 valence electrons. The molecule has 0 radical (unpaired) electrons. The summed E-state index contributed by atoms with van der Waals surface area (Å²) in [4.78, 5) is 0. The third kappa shape index (κ3) is 6.81. The lowest BCUT2D eigenvalue weighted by Gasteiger charge is -2.71. The maximum atomic E-state index is 9.32. The first-order chi connectivity index (χ1) is 25.4. The summed E-state index contributed by atoms with van der Waals surface area (Å²) in [6, 6.07) is 35.3. The van der Waals surface area contributed by atoms with Crippen LogP contribution in [0.1, 0.15) is 95.9 Å². The van der Waals surface area contributed by atoms with Gasteiger partial charge >= 0.3 is 0 Å². The lowest BCUT2D eigenvalue weighted by Crippen LogP contribution is -2.67. The fourth-order valence-electron chi connectivity index (χ4n) is 10.2. The summed E-state index contributed by atoms with van der Waals surface area (Å²) in [5, 5.41) is 37.2. The molecule has 4 heteroatoms. The molecule has 4 saturated carbocycles. The Bertz CT molecular complexity index is 1980. The van der Waals surface area contributed by atoms with Crippen LogP contribution in [0.15, 0.2) is 97.1 Å². The highest BCUT2D eigenvalue weighted by Crippen LogP contribution is 2.74. The van der Waals surface area contributed by atoms with Gasteiger partial charge in [-0.2, -0.15) is 0 Å². The second-order valence-electron chi connectivity index (χ2n) is 15.0. The first kappa shape index (κ1) is 35.4. The molecular formula is C48H44O4. The highest BCUT2D eigenvalue weighted by atomic mass is 16.3. The van der Waals surface area contributed by atoms with Gasteiger partial charge in [0.15, 0.2) is 0 Å². The predicted octanol–water partition coefficient (Wildman–Crippen LogP) is 6.28. The summed E-state index contributed by atoms with van der Waals surface area (Å²) in [6.07, 6.45) is 7.12. The topological polar surface area (TPSA) is 80.9 Å². The first-order valence-corrected chi connectivity index (χ1v) is 18.2. The molecule has 0 atom stereocenters. The van der Waals surface area contributed by atoms with Gasteiger partial charge in [0, 0.05) is 35.1 Å². The summed E-state index contributed by atoms with van der Waals surface area (Å²) >= 11 is 0. The van der Waals surface area contributed by atoms with Gasteiger partial charge in [-0.1, -0.05) is 95.9 Å². The Hall–Kier alpha value is -5.04. The Morgan fingerprint density at radius 3 is 0.788 bits per heavy atom. The van der Waals surface area contributed by atoms with E-state index in [1.54, 1.807) is 0 Å². The van der Waals surface area contributed by atoms with Crippen molar-refractivity contribution in [3.05, 3.63) is 142 Å². The molecule has 0 aromatic heterocycles. The molecule has 52 heavy (non-hydrogen) atoms. The Morgan fingerprint density at radius 1 is 0.346 bits per heavy atom. The van der Waals surface area contributed by atoms with Crippen LogP contribution in [0, 0.1) is 47.4 Å². The molecule has 4 aromatic carbocycles. The zero-order valence-electron chi connectivity index (χ0n) is 29.5. The molecule has 4 aromatic rings. The molecule has 0 spiro atoms. The highest BCUT2D eigenvalue weighted by molar-refractivity contribution is 5.53. The van der Waals surface area contributed by atoms with E-state index in [0.29, 0.717) is 12.8 Å². The lowest BCUT2D eigenvalue weighted by molar-refractivity contribution is -0.0691. The van der Waals surface area contributed by atoms with Crippen LogP contribution in [0.3, 0.4) is 0 Å². The van der Waals surface area contributed by atoms with Crippen LogP contribution < -0.4 is 0 Å². The summed E-state index contributed by atoms with van der Waals surface area (Å²) in [7, 11) is 0.